The maximum absolute atomic E-state index is 11.8. The lowest BCUT2D eigenvalue weighted by Crippen LogP contribution is -2.23. The van der Waals surface area contributed by atoms with Gasteiger partial charge >= 0.3 is 12.0 Å². The SMILES string of the molecule is COC(=O)c1ccc2c(c1)S(=O)(=O)N=C(OC)N2. The highest BCUT2D eigenvalue weighted by Gasteiger charge is 2.26. The standard InChI is InChI=1S/C10H10N2O5S/c1-16-9(13)6-3-4-7-8(5-6)18(14,15)12-10(11-7)17-2/h3-5H,1-2H3,(H,11,12). The van der Waals surface area contributed by atoms with E-state index in [-0.39, 0.29) is 16.5 Å². The summed E-state index contributed by atoms with van der Waals surface area (Å²) in [4.78, 5) is 11.2. The lowest BCUT2D eigenvalue weighted by molar-refractivity contribution is 0.0600. The van der Waals surface area contributed by atoms with E-state index >= 15 is 0 Å². The van der Waals surface area contributed by atoms with Crippen molar-refractivity contribution in [3.63, 3.8) is 0 Å². The van der Waals surface area contributed by atoms with Crippen molar-refractivity contribution in [1.82, 2.24) is 0 Å². The van der Waals surface area contributed by atoms with Crippen molar-refractivity contribution in [2.75, 3.05) is 19.5 Å². The quantitative estimate of drug-likeness (QED) is 0.750. The Morgan fingerprint density at radius 1 is 1.33 bits per heavy atom. The minimum absolute atomic E-state index is 0.0915. The Bertz CT molecular complexity index is 636. The molecule has 0 fully saturated rings. The van der Waals surface area contributed by atoms with E-state index in [1.807, 2.05) is 0 Å². The molecule has 1 aliphatic rings. The number of hydrogen-bond acceptors (Lipinski definition) is 6. The highest BCUT2D eigenvalue weighted by atomic mass is 32.2. The third-order valence-electron chi connectivity index (χ3n) is 2.32. The maximum Gasteiger partial charge on any atom is 0.337 e. The fourth-order valence-corrected chi connectivity index (χ4v) is 2.58. The van der Waals surface area contributed by atoms with Gasteiger partial charge in [-0.15, -0.1) is 4.40 Å². The molecule has 96 valence electrons. The van der Waals surface area contributed by atoms with Gasteiger partial charge in [0.25, 0.3) is 10.0 Å². The van der Waals surface area contributed by atoms with Gasteiger partial charge in [0.1, 0.15) is 4.90 Å². The summed E-state index contributed by atoms with van der Waals surface area (Å²) in [5.74, 6) is -0.616. The average Bonchev–Trinajstić information content (AvgIpc) is 2.36. The van der Waals surface area contributed by atoms with Crippen LogP contribution in [-0.2, 0) is 19.5 Å². The topological polar surface area (TPSA) is 94.1 Å². The van der Waals surface area contributed by atoms with Gasteiger partial charge in [0.15, 0.2) is 0 Å². The number of anilines is 1. The Kier molecular flexibility index (Phi) is 2.95. The first-order chi connectivity index (χ1) is 8.47. The number of esters is 1. The van der Waals surface area contributed by atoms with Gasteiger partial charge in [0.2, 0.25) is 0 Å². The van der Waals surface area contributed by atoms with Crippen LogP contribution in [0.4, 0.5) is 5.69 Å². The first-order valence-electron chi connectivity index (χ1n) is 4.86. The third kappa shape index (κ3) is 2.02. The van der Waals surface area contributed by atoms with Crippen molar-refractivity contribution in [1.29, 1.82) is 0 Å². The normalized spacial score (nSPS) is 16.0. The monoisotopic (exact) mass is 270 g/mol. The number of amidine groups is 1. The number of rotatable bonds is 1. The molecule has 1 N–H and O–H groups in total. The van der Waals surface area contributed by atoms with Crippen LogP contribution in [-0.4, -0.2) is 34.6 Å². The lowest BCUT2D eigenvalue weighted by atomic mass is 10.2. The van der Waals surface area contributed by atoms with E-state index < -0.39 is 16.0 Å². The van der Waals surface area contributed by atoms with Crippen molar-refractivity contribution < 1.29 is 22.7 Å². The molecule has 0 unspecified atom stereocenters. The summed E-state index contributed by atoms with van der Waals surface area (Å²) in [5, 5.41) is 2.68. The molecule has 1 aliphatic heterocycles. The van der Waals surface area contributed by atoms with Crippen LogP contribution >= 0.6 is 0 Å². The first-order valence-corrected chi connectivity index (χ1v) is 6.30. The summed E-state index contributed by atoms with van der Waals surface area (Å²) in [6.07, 6.45) is 0. The molecule has 8 heteroatoms. The van der Waals surface area contributed by atoms with E-state index in [9.17, 15) is 13.2 Å². The largest absolute Gasteiger partial charge is 0.468 e. The van der Waals surface area contributed by atoms with Gasteiger partial charge in [-0.05, 0) is 18.2 Å². The van der Waals surface area contributed by atoms with Gasteiger partial charge in [0.05, 0.1) is 25.5 Å². The number of ether oxygens (including phenoxy) is 2. The summed E-state index contributed by atoms with van der Waals surface area (Å²) in [6, 6.07) is 3.99. The van der Waals surface area contributed by atoms with Crippen molar-refractivity contribution in [2.24, 2.45) is 4.40 Å². The second kappa shape index (κ2) is 4.30. The molecule has 0 bridgehead atoms. The van der Waals surface area contributed by atoms with Crippen LogP contribution in [0.25, 0.3) is 0 Å². The zero-order valence-electron chi connectivity index (χ0n) is 9.63. The molecule has 0 aromatic heterocycles. The maximum atomic E-state index is 11.8. The molecule has 0 aliphatic carbocycles. The third-order valence-corrected chi connectivity index (χ3v) is 3.62. The number of nitrogens with one attached hydrogen (secondary N) is 1. The highest BCUT2D eigenvalue weighted by Crippen LogP contribution is 2.28. The van der Waals surface area contributed by atoms with Crippen LogP contribution in [0.15, 0.2) is 27.5 Å². The summed E-state index contributed by atoms with van der Waals surface area (Å²) < 4.78 is 36.4. The second-order valence-corrected chi connectivity index (χ2v) is 4.98. The smallest absolute Gasteiger partial charge is 0.337 e. The molecular formula is C10H10N2O5S. The van der Waals surface area contributed by atoms with Crippen molar-refractivity contribution >= 4 is 27.7 Å². The molecule has 0 amide bonds. The van der Waals surface area contributed by atoms with E-state index in [0.29, 0.717) is 5.69 Å². The number of fused-ring (bicyclic) bond motifs is 1. The molecule has 1 aromatic carbocycles. The predicted molar refractivity (Wildman–Crippen MR) is 63.0 cm³/mol. The Hall–Kier alpha value is -2.09. The first kappa shape index (κ1) is 12.4. The molecule has 0 atom stereocenters. The molecule has 7 nitrogen and oxygen atoms in total. The second-order valence-electron chi connectivity index (χ2n) is 3.40. The minimum Gasteiger partial charge on any atom is -0.468 e. The van der Waals surface area contributed by atoms with Gasteiger partial charge in [-0.25, -0.2) is 4.79 Å². The number of carbonyl (C=O) groups excluding carboxylic acids is 1. The van der Waals surface area contributed by atoms with Crippen LogP contribution in [0.5, 0.6) is 0 Å². The van der Waals surface area contributed by atoms with E-state index in [4.69, 9.17) is 4.74 Å². The van der Waals surface area contributed by atoms with Gasteiger partial charge in [0, 0.05) is 0 Å². The Morgan fingerprint density at radius 2 is 2.06 bits per heavy atom. The molecule has 0 saturated heterocycles. The number of nitrogens with zero attached hydrogens (tertiary/aromatic N) is 1. The van der Waals surface area contributed by atoms with Crippen molar-refractivity contribution in [2.45, 2.75) is 4.90 Å². The number of sulfonamides is 1. The van der Waals surface area contributed by atoms with Crippen LogP contribution in [0, 0.1) is 0 Å². The minimum atomic E-state index is -3.87. The fraction of sp³-hybridized carbons (Fsp3) is 0.200. The van der Waals surface area contributed by atoms with Gasteiger partial charge < -0.3 is 14.8 Å². The zero-order chi connectivity index (χ0) is 13.3. The van der Waals surface area contributed by atoms with Crippen molar-refractivity contribution in [3.05, 3.63) is 23.8 Å². The van der Waals surface area contributed by atoms with Gasteiger partial charge in [-0.3, -0.25) is 0 Å². The number of methoxy groups -OCH3 is 2. The molecule has 1 aromatic rings. The summed E-state index contributed by atoms with van der Waals surface area (Å²) in [5.41, 5.74) is 0.437. The van der Waals surface area contributed by atoms with Crippen LogP contribution in [0.3, 0.4) is 0 Å². The van der Waals surface area contributed by atoms with E-state index in [2.05, 4.69) is 14.5 Å². The Labute approximate surface area is 103 Å². The predicted octanol–water partition coefficient (Wildman–Crippen LogP) is 0.590. The number of benzene rings is 1. The molecule has 0 saturated carbocycles. The van der Waals surface area contributed by atoms with E-state index in [0.717, 1.165) is 0 Å². The number of carbonyl (C=O) groups is 1. The van der Waals surface area contributed by atoms with Crippen LogP contribution in [0.2, 0.25) is 0 Å². The fourth-order valence-electron chi connectivity index (χ4n) is 1.47. The zero-order valence-corrected chi connectivity index (χ0v) is 10.4. The Morgan fingerprint density at radius 3 is 2.67 bits per heavy atom. The van der Waals surface area contributed by atoms with Crippen LogP contribution in [0.1, 0.15) is 10.4 Å². The molecule has 0 spiro atoms. The molecular weight excluding hydrogens is 260 g/mol. The number of hydrogen-bond donors (Lipinski definition) is 1. The lowest BCUT2D eigenvalue weighted by Gasteiger charge is -2.17. The summed E-state index contributed by atoms with van der Waals surface area (Å²) >= 11 is 0. The highest BCUT2D eigenvalue weighted by molar-refractivity contribution is 7.90. The molecule has 1 heterocycles. The van der Waals surface area contributed by atoms with Gasteiger partial charge in [-0.1, -0.05) is 0 Å². The van der Waals surface area contributed by atoms with Gasteiger partial charge in [-0.2, -0.15) is 8.42 Å². The molecule has 2 rings (SSSR count). The van der Waals surface area contributed by atoms with Crippen molar-refractivity contribution in [3.8, 4) is 0 Å². The van der Waals surface area contributed by atoms with E-state index in [1.54, 1.807) is 0 Å². The van der Waals surface area contributed by atoms with E-state index in [1.165, 1.54) is 32.4 Å². The molecule has 0 radical (unpaired) electrons. The Balaban J connectivity index is 2.56. The molecule has 18 heavy (non-hydrogen) atoms. The average molecular weight is 270 g/mol. The summed E-state index contributed by atoms with van der Waals surface area (Å²) in [6.45, 7) is 0. The van der Waals surface area contributed by atoms with Crippen LogP contribution < -0.4 is 5.32 Å². The summed E-state index contributed by atoms with van der Waals surface area (Å²) in [7, 11) is -1.36.